The maximum atomic E-state index is 15.0. The Morgan fingerprint density at radius 1 is 0.982 bits per heavy atom. The minimum Gasteiger partial charge on any atom is -0.453 e. The highest BCUT2D eigenvalue weighted by Gasteiger charge is 2.46. The van der Waals surface area contributed by atoms with Crippen LogP contribution in [-0.2, 0) is 19.6 Å². The molecule has 1 aromatic heterocycles. The number of methoxy groups -OCH3 is 1. The number of alkyl halides is 3. The number of aliphatic hydroxyl groups is 1. The van der Waals surface area contributed by atoms with Crippen LogP contribution in [0.25, 0.3) is 0 Å². The van der Waals surface area contributed by atoms with Gasteiger partial charge in [-0.05, 0) is 47.2 Å². The van der Waals surface area contributed by atoms with Crippen molar-refractivity contribution in [3.63, 3.8) is 0 Å². The molecular weight excluding hydrogens is 777 g/mol. The number of amides is 2. The Hall–Kier alpha value is -4.15. The number of sulfonamides is 1. The monoisotopic (exact) mass is 820 g/mol. The molecule has 3 aromatic rings. The van der Waals surface area contributed by atoms with Gasteiger partial charge in [0.05, 0.1) is 30.7 Å². The average Bonchev–Trinajstić information content (AvgIpc) is 3.78. The highest BCUT2D eigenvalue weighted by molar-refractivity contribution is 7.93. The van der Waals surface area contributed by atoms with Gasteiger partial charge in [-0.2, -0.15) is 17.5 Å². The molecule has 2 amide bonds. The Kier molecular flexibility index (Phi) is 13.2. The molecule has 0 bridgehead atoms. The summed E-state index contributed by atoms with van der Waals surface area (Å²) >= 11 is 6.89. The summed E-state index contributed by atoms with van der Waals surface area (Å²) in [5.41, 5.74) is 0.769. The van der Waals surface area contributed by atoms with Crippen molar-refractivity contribution in [2.45, 2.75) is 63.5 Å². The van der Waals surface area contributed by atoms with E-state index in [4.69, 9.17) is 16.3 Å². The van der Waals surface area contributed by atoms with Crippen molar-refractivity contribution >= 4 is 45.0 Å². The first-order valence-corrected chi connectivity index (χ1v) is 20.1. The quantitative estimate of drug-likeness (QED) is 0.135. The molecule has 0 spiro atoms. The molecule has 296 valence electrons. The summed E-state index contributed by atoms with van der Waals surface area (Å²) < 4.78 is 79.4. The van der Waals surface area contributed by atoms with Crippen LogP contribution < -0.4 is 16.0 Å². The summed E-state index contributed by atoms with van der Waals surface area (Å²) in [5, 5.41) is 18.8. The molecule has 2 unspecified atom stereocenters. The predicted octanol–water partition coefficient (Wildman–Crippen LogP) is 7.25. The third kappa shape index (κ3) is 10.00. The van der Waals surface area contributed by atoms with Gasteiger partial charge < -0.3 is 25.8 Å². The Morgan fingerprint density at radius 3 is 2.13 bits per heavy atom. The molecular formula is C39H44ClF3N4O6S2. The van der Waals surface area contributed by atoms with Crippen LogP contribution in [0.5, 0.6) is 0 Å². The molecule has 4 N–H and O–H groups in total. The molecule has 2 aromatic carbocycles. The first kappa shape index (κ1) is 42.0. The molecule has 5 atom stereocenters. The van der Waals surface area contributed by atoms with E-state index in [-0.39, 0.29) is 32.5 Å². The van der Waals surface area contributed by atoms with Crippen LogP contribution in [0.15, 0.2) is 107 Å². The molecule has 16 heteroatoms. The Bertz CT molecular complexity index is 1980. The summed E-state index contributed by atoms with van der Waals surface area (Å²) in [5.74, 6) is -2.30. The highest BCUT2D eigenvalue weighted by Crippen LogP contribution is 2.41. The highest BCUT2D eigenvalue weighted by atomic mass is 35.5. The van der Waals surface area contributed by atoms with E-state index in [1.165, 1.54) is 18.2 Å². The second kappa shape index (κ2) is 17.3. The van der Waals surface area contributed by atoms with Gasteiger partial charge in [-0.1, -0.05) is 99.1 Å². The fourth-order valence-corrected chi connectivity index (χ4v) is 9.71. The molecule has 0 saturated heterocycles. The molecule has 55 heavy (non-hydrogen) atoms. The van der Waals surface area contributed by atoms with Crippen molar-refractivity contribution in [2.24, 2.45) is 11.3 Å². The lowest BCUT2D eigenvalue weighted by Crippen LogP contribution is -2.52. The van der Waals surface area contributed by atoms with Gasteiger partial charge in [0.15, 0.2) is 6.04 Å². The van der Waals surface area contributed by atoms with E-state index in [2.05, 4.69) is 16.0 Å². The van der Waals surface area contributed by atoms with Crippen LogP contribution in [0.2, 0.25) is 0 Å². The number of hydrogen-bond acceptors (Lipinski definition) is 8. The number of nitrogens with zero attached hydrogens (tertiary/aromatic N) is 1. The summed E-state index contributed by atoms with van der Waals surface area (Å²) in [6, 6.07) is 13.8. The average molecular weight is 821 g/mol. The van der Waals surface area contributed by atoms with Crippen LogP contribution in [-0.4, -0.2) is 68.4 Å². The van der Waals surface area contributed by atoms with Crippen LogP contribution >= 0.6 is 22.9 Å². The maximum absolute atomic E-state index is 15.0. The lowest BCUT2D eigenvalue weighted by molar-refractivity contribution is -0.163. The fourth-order valence-electron chi connectivity index (χ4n) is 6.49. The number of benzene rings is 2. The van der Waals surface area contributed by atoms with Gasteiger partial charge >= 0.3 is 12.3 Å². The van der Waals surface area contributed by atoms with E-state index in [1.54, 1.807) is 72.9 Å². The Labute approximate surface area is 328 Å². The second-order valence-electron chi connectivity index (χ2n) is 14.4. The fraction of sp³-hybridized carbons (Fsp3) is 0.385. The van der Waals surface area contributed by atoms with Crippen molar-refractivity contribution in [1.82, 2.24) is 20.3 Å². The number of fused-ring (bicyclic) bond motifs is 1. The molecule has 0 saturated carbocycles. The van der Waals surface area contributed by atoms with E-state index < -0.39 is 64.9 Å². The molecule has 1 aliphatic carbocycles. The van der Waals surface area contributed by atoms with Crippen molar-refractivity contribution in [2.75, 3.05) is 20.3 Å². The number of aliphatic hydroxyl groups excluding tert-OH is 1. The summed E-state index contributed by atoms with van der Waals surface area (Å²) in [6.07, 6.45) is 0.585. The molecule has 0 fully saturated rings. The molecule has 5 rings (SSSR count). The van der Waals surface area contributed by atoms with Crippen molar-refractivity contribution < 1.29 is 41.0 Å². The first-order chi connectivity index (χ1) is 25.9. The zero-order valence-corrected chi connectivity index (χ0v) is 33.0. The first-order valence-electron chi connectivity index (χ1n) is 17.5. The summed E-state index contributed by atoms with van der Waals surface area (Å²) in [6.45, 7) is 5.00. The third-order valence-electron chi connectivity index (χ3n) is 9.41. The number of ether oxygens (including phenoxy) is 1. The van der Waals surface area contributed by atoms with Crippen molar-refractivity contribution in [3.05, 3.63) is 128 Å². The van der Waals surface area contributed by atoms with E-state index in [9.17, 15) is 36.3 Å². The van der Waals surface area contributed by atoms with Crippen molar-refractivity contribution in [3.8, 4) is 0 Å². The number of carbonyl (C=O) groups is 2. The van der Waals surface area contributed by atoms with Crippen molar-refractivity contribution in [1.29, 1.82) is 0 Å². The number of rotatable bonds is 14. The van der Waals surface area contributed by atoms with Gasteiger partial charge in [-0.15, -0.1) is 11.3 Å². The SMILES string of the molecule is COC(=O)N[C@H](C(=O)N[C@H](c1ccc([C@@H](CO)N(CCC(C)(C)C)S(=O)(=O)C2=CC3NC=C(Cl)C3C=C2)s1)C(F)(F)F)C(c1ccccc1)c1ccccc1. The van der Waals surface area contributed by atoms with E-state index >= 15 is 0 Å². The van der Waals surface area contributed by atoms with Crippen LogP contribution in [0, 0.1) is 11.3 Å². The minimum atomic E-state index is -5.02. The zero-order chi connectivity index (χ0) is 40.1. The third-order valence-corrected chi connectivity index (χ3v) is 12.9. The van der Waals surface area contributed by atoms with E-state index in [1.807, 2.05) is 20.8 Å². The van der Waals surface area contributed by atoms with Gasteiger partial charge in [0.2, 0.25) is 15.9 Å². The smallest absolute Gasteiger partial charge is 0.413 e. The summed E-state index contributed by atoms with van der Waals surface area (Å²) in [4.78, 5) is 26.4. The second-order valence-corrected chi connectivity index (χ2v) is 17.9. The standard InChI is InChI=1S/C39H44ClF3N4O6S2/c1-38(2,3)19-20-47(55(51,52)26-15-16-27-28(40)22-44-29(27)21-26)30(23-48)31-17-18-32(54-31)35(39(41,42)43)46-36(49)34(45-37(50)53-4)33(24-11-7-5-8-12-24)25-13-9-6-10-14-25/h5-18,21-22,27,29-30,33-35,44,48H,19-20,23H2,1-4H3,(H,45,50)(H,46,49)/t27?,29?,30-,34+,35-/m1/s1. The Balaban J connectivity index is 1.50. The minimum absolute atomic E-state index is 0.0406. The maximum Gasteiger partial charge on any atom is 0.413 e. The number of thiophene rings is 1. The molecule has 2 heterocycles. The molecule has 0 radical (unpaired) electrons. The van der Waals surface area contributed by atoms with Gasteiger partial charge in [-0.3, -0.25) is 4.79 Å². The largest absolute Gasteiger partial charge is 0.453 e. The Morgan fingerprint density at radius 2 is 1.58 bits per heavy atom. The van der Waals surface area contributed by atoms with Crippen LogP contribution in [0.4, 0.5) is 18.0 Å². The predicted molar refractivity (Wildman–Crippen MR) is 206 cm³/mol. The topological polar surface area (TPSA) is 137 Å². The molecule has 10 nitrogen and oxygen atoms in total. The molecule has 1 aliphatic heterocycles. The summed E-state index contributed by atoms with van der Waals surface area (Å²) in [7, 11) is -3.23. The number of allylic oxidation sites excluding steroid dienone is 1. The van der Waals surface area contributed by atoms with Gasteiger partial charge in [0.1, 0.15) is 6.04 Å². The van der Waals surface area contributed by atoms with E-state index in [0.717, 1.165) is 17.5 Å². The molecule has 2 aliphatic rings. The number of alkyl carbamates (subject to hydrolysis) is 1. The number of nitrogens with one attached hydrogen (secondary N) is 3. The van der Waals surface area contributed by atoms with Gasteiger partial charge in [-0.25, -0.2) is 13.2 Å². The number of hydrogen-bond donors (Lipinski definition) is 4. The normalized spacial score (nSPS) is 18.8. The van der Waals surface area contributed by atoms with Gasteiger partial charge in [0, 0.05) is 39.4 Å². The number of carbonyl (C=O) groups excluding carboxylic acids is 2. The van der Waals surface area contributed by atoms with E-state index in [0.29, 0.717) is 33.9 Å². The van der Waals surface area contributed by atoms with Crippen LogP contribution in [0.3, 0.4) is 0 Å². The van der Waals surface area contributed by atoms with Gasteiger partial charge in [0.25, 0.3) is 0 Å². The lowest BCUT2D eigenvalue weighted by Gasteiger charge is -2.33. The zero-order valence-electron chi connectivity index (χ0n) is 30.6. The number of halogens is 4. The lowest BCUT2D eigenvalue weighted by atomic mass is 9.84. The van der Waals surface area contributed by atoms with Crippen LogP contribution in [0.1, 0.15) is 66.1 Å².